The Morgan fingerprint density at radius 2 is 1.59 bits per heavy atom. The van der Waals surface area contributed by atoms with Crippen molar-refractivity contribution in [1.82, 2.24) is 4.98 Å². The van der Waals surface area contributed by atoms with Gasteiger partial charge in [-0.2, -0.15) is 5.26 Å². The molecule has 0 amide bonds. The molecule has 5 heteroatoms. The third kappa shape index (κ3) is 5.21. The zero-order valence-electron chi connectivity index (χ0n) is 17.5. The van der Waals surface area contributed by atoms with Crippen molar-refractivity contribution in [1.29, 1.82) is 5.26 Å². The summed E-state index contributed by atoms with van der Waals surface area (Å²) in [4.78, 5) is 9.19. The van der Waals surface area contributed by atoms with Gasteiger partial charge in [0.2, 0.25) is 0 Å². The standard InChI is InChI=1S/C27H20ClN3O/c1-19-14-23(28)13-12-22(19)18-32-25-15-24(17-29)30-26(16-25)31-27(20-8-4-2-5-9-20)21-10-6-3-7-11-21/h2-16H,18H2,1H3. The molecular formula is C27H20ClN3O. The van der Waals surface area contributed by atoms with Gasteiger partial charge in [-0.05, 0) is 30.2 Å². The predicted octanol–water partition coefficient (Wildman–Crippen LogP) is 6.66. The molecule has 0 aliphatic heterocycles. The highest BCUT2D eigenvalue weighted by atomic mass is 35.5. The van der Waals surface area contributed by atoms with Crippen LogP contribution < -0.4 is 4.74 Å². The Morgan fingerprint density at radius 3 is 2.19 bits per heavy atom. The van der Waals surface area contributed by atoms with Crippen LogP contribution in [0.1, 0.15) is 27.9 Å². The van der Waals surface area contributed by atoms with Gasteiger partial charge in [0.1, 0.15) is 24.1 Å². The molecule has 4 aromatic rings. The summed E-state index contributed by atoms with van der Waals surface area (Å²) in [5, 5.41) is 10.2. The Labute approximate surface area is 192 Å². The minimum absolute atomic E-state index is 0.245. The van der Waals surface area contributed by atoms with E-state index in [1.165, 1.54) is 0 Å². The minimum Gasteiger partial charge on any atom is -0.489 e. The Kier molecular flexibility index (Phi) is 6.60. The SMILES string of the molecule is Cc1cc(Cl)ccc1COc1cc(C#N)nc(N=C(c2ccccc2)c2ccccc2)c1. The van der Waals surface area contributed by atoms with Crippen molar-refractivity contribution in [3.8, 4) is 11.8 Å². The van der Waals surface area contributed by atoms with E-state index in [0.717, 1.165) is 28.0 Å². The van der Waals surface area contributed by atoms with Crippen LogP contribution >= 0.6 is 11.6 Å². The molecule has 0 saturated heterocycles. The Morgan fingerprint density at radius 1 is 0.938 bits per heavy atom. The van der Waals surface area contributed by atoms with Crippen LogP contribution in [-0.4, -0.2) is 10.7 Å². The fourth-order valence-electron chi connectivity index (χ4n) is 3.27. The maximum absolute atomic E-state index is 9.48. The zero-order chi connectivity index (χ0) is 22.3. The van der Waals surface area contributed by atoms with Crippen LogP contribution in [-0.2, 0) is 6.61 Å². The molecule has 4 nitrogen and oxygen atoms in total. The number of nitriles is 1. The Hall–Kier alpha value is -3.94. The third-order valence-corrected chi connectivity index (χ3v) is 5.15. The summed E-state index contributed by atoms with van der Waals surface area (Å²) >= 11 is 6.04. The lowest BCUT2D eigenvalue weighted by molar-refractivity contribution is 0.305. The molecular weight excluding hydrogens is 418 g/mol. The van der Waals surface area contributed by atoms with Crippen molar-refractivity contribution in [3.63, 3.8) is 0 Å². The van der Waals surface area contributed by atoms with E-state index in [4.69, 9.17) is 21.3 Å². The first-order valence-electron chi connectivity index (χ1n) is 10.1. The fourth-order valence-corrected chi connectivity index (χ4v) is 3.50. The number of aliphatic imine (C=N–C) groups is 1. The number of pyridine rings is 1. The summed E-state index contributed by atoms with van der Waals surface area (Å²) in [6.07, 6.45) is 0. The molecule has 0 N–H and O–H groups in total. The van der Waals surface area contributed by atoms with E-state index >= 15 is 0 Å². The first-order valence-corrected chi connectivity index (χ1v) is 10.5. The van der Waals surface area contributed by atoms with E-state index in [1.807, 2.05) is 85.8 Å². The quantitative estimate of drug-likeness (QED) is 0.317. The van der Waals surface area contributed by atoms with Gasteiger partial charge in [-0.1, -0.05) is 78.3 Å². The number of ether oxygens (including phenoxy) is 1. The van der Waals surface area contributed by atoms with Gasteiger partial charge in [0, 0.05) is 28.3 Å². The van der Waals surface area contributed by atoms with Crippen molar-refractivity contribution < 1.29 is 4.74 Å². The summed E-state index contributed by atoms with van der Waals surface area (Å²) in [6.45, 7) is 2.34. The maximum Gasteiger partial charge on any atom is 0.157 e. The van der Waals surface area contributed by atoms with Crippen LogP contribution in [0.4, 0.5) is 5.82 Å². The fraction of sp³-hybridized carbons (Fsp3) is 0.0741. The zero-order valence-corrected chi connectivity index (χ0v) is 18.3. The average molecular weight is 438 g/mol. The molecule has 1 aromatic heterocycles. The molecule has 0 aliphatic rings. The molecule has 0 saturated carbocycles. The van der Waals surface area contributed by atoms with Gasteiger partial charge < -0.3 is 4.74 Å². The molecule has 0 atom stereocenters. The topological polar surface area (TPSA) is 58.3 Å². The predicted molar refractivity (Wildman–Crippen MR) is 128 cm³/mol. The highest BCUT2D eigenvalue weighted by Crippen LogP contribution is 2.24. The summed E-state index contributed by atoms with van der Waals surface area (Å²) in [5.74, 6) is 0.944. The van der Waals surface area contributed by atoms with E-state index < -0.39 is 0 Å². The van der Waals surface area contributed by atoms with E-state index in [2.05, 4.69) is 11.1 Å². The lowest BCUT2D eigenvalue weighted by atomic mass is 10.0. The lowest BCUT2D eigenvalue weighted by Crippen LogP contribution is -2.03. The van der Waals surface area contributed by atoms with Crippen LogP contribution in [0.2, 0.25) is 5.02 Å². The molecule has 32 heavy (non-hydrogen) atoms. The van der Waals surface area contributed by atoms with Gasteiger partial charge >= 0.3 is 0 Å². The van der Waals surface area contributed by atoms with Crippen molar-refractivity contribution in [3.05, 3.63) is 124 Å². The number of aromatic nitrogens is 1. The first kappa shape index (κ1) is 21.3. The van der Waals surface area contributed by atoms with Crippen LogP contribution in [0, 0.1) is 18.3 Å². The number of aryl methyl sites for hydroxylation is 1. The Bertz CT molecular complexity index is 1250. The van der Waals surface area contributed by atoms with Crippen molar-refractivity contribution in [2.24, 2.45) is 4.99 Å². The van der Waals surface area contributed by atoms with Gasteiger partial charge in [0.05, 0.1) is 5.71 Å². The third-order valence-electron chi connectivity index (χ3n) is 4.92. The smallest absolute Gasteiger partial charge is 0.157 e. The molecule has 0 bridgehead atoms. The molecule has 0 unspecified atom stereocenters. The van der Waals surface area contributed by atoms with E-state index in [-0.39, 0.29) is 5.69 Å². The second kappa shape index (κ2) is 9.91. The largest absolute Gasteiger partial charge is 0.489 e. The molecule has 0 spiro atoms. The minimum atomic E-state index is 0.245. The number of rotatable bonds is 6. The van der Waals surface area contributed by atoms with E-state index in [1.54, 1.807) is 12.1 Å². The van der Waals surface area contributed by atoms with Gasteiger partial charge in [-0.3, -0.25) is 0 Å². The van der Waals surface area contributed by atoms with Gasteiger partial charge in [0.15, 0.2) is 5.82 Å². The molecule has 0 radical (unpaired) electrons. The molecule has 156 valence electrons. The number of benzene rings is 3. The monoisotopic (exact) mass is 437 g/mol. The van der Waals surface area contributed by atoms with Crippen LogP contribution in [0.25, 0.3) is 0 Å². The maximum atomic E-state index is 9.48. The molecule has 0 fully saturated rings. The summed E-state index contributed by atoms with van der Waals surface area (Å²) in [7, 11) is 0. The number of hydrogen-bond acceptors (Lipinski definition) is 4. The van der Waals surface area contributed by atoms with Crippen molar-refractivity contribution in [2.75, 3.05) is 0 Å². The van der Waals surface area contributed by atoms with Crippen LogP contribution in [0.15, 0.2) is 96.0 Å². The highest BCUT2D eigenvalue weighted by molar-refractivity contribution is 6.30. The van der Waals surface area contributed by atoms with Crippen LogP contribution in [0.3, 0.4) is 0 Å². The molecule has 1 heterocycles. The highest BCUT2D eigenvalue weighted by Gasteiger charge is 2.10. The lowest BCUT2D eigenvalue weighted by Gasteiger charge is -2.11. The molecule has 0 aliphatic carbocycles. The Balaban J connectivity index is 1.70. The molecule has 3 aromatic carbocycles. The average Bonchev–Trinajstić information content (AvgIpc) is 2.83. The first-order chi connectivity index (χ1) is 15.6. The van der Waals surface area contributed by atoms with Gasteiger partial charge in [-0.15, -0.1) is 0 Å². The number of halogens is 1. The summed E-state index contributed by atoms with van der Waals surface area (Å²) < 4.78 is 5.99. The number of hydrogen-bond donors (Lipinski definition) is 0. The number of nitrogens with zero attached hydrogens (tertiary/aromatic N) is 3. The van der Waals surface area contributed by atoms with Crippen LogP contribution in [0.5, 0.6) is 5.75 Å². The van der Waals surface area contributed by atoms with Gasteiger partial charge in [0.25, 0.3) is 0 Å². The van der Waals surface area contributed by atoms with Gasteiger partial charge in [-0.25, -0.2) is 9.98 Å². The second-order valence-electron chi connectivity index (χ2n) is 7.21. The van der Waals surface area contributed by atoms with Crippen molar-refractivity contribution >= 4 is 23.1 Å². The molecule has 4 rings (SSSR count). The van der Waals surface area contributed by atoms with Crippen molar-refractivity contribution in [2.45, 2.75) is 13.5 Å². The second-order valence-corrected chi connectivity index (χ2v) is 7.65. The summed E-state index contributed by atoms with van der Waals surface area (Å²) in [5.41, 5.74) is 5.00. The normalized spacial score (nSPS) is 10.3. The summed E-state index contributed by atoms with van der Waals surface area (Å²) in [6, 6.07) is 30.9. The van der Waals surface area contributed by atoms with E-state index in [0.29, 0.717) is 23.2 Å². The van der Waals surface area contributed by atoms with E-state index in [9.17, 15) is 5.26 Å².